The van der Waals surface area contributed by atoms with E-state index >= 15 is 0 Å². The second-order valence-electron chi connectivity index (χ2n) is 17.5. The third kappa shape index (κ3) is 6.21. The van der Waals surface area contributed by atoms with Gasteiger partial charge in [-0.2, -0.15) is 5.06 Å². The lowest BCUT2D eigenvalue weighted by Gasteiger charge is -2.49. The average Bonchev–Trinajstić information content (AvgIpc) is 4.00. The van der Waals surface area contributed by atoms with Crippen molar-refractivity contribution in [3.63, 3.8) is 0 Å². The number of nitrogens with zero attached hydrogens (tertiary/aromatic N) is 1. The maximum atomic E-state index is 14.8. The van der Waals surface area contributed by atoms with E-state index in [0.717, 1.165) is 56.1 Å². The van der Waals surface area contributed by atoms with Gasteiger partial charge in [0.15, 0.2) is 11.8 Å². The van der Waals surface area contributed by atoms with Crippen molar-refractivity contribution in [1.29, 1.82) is 0 Å². The lowest BCUT2D eigenvalue weighted by molar-refractivity contribution is -0.235. The van der Waals surface area contributed by atoms with Gasteiger partial charge in [-0.3, -0.25) is 19.2 Å². The molecule has 4 saturated carbocycles. The van der Waals surface area contributed by atoms with Gasteiger partial charge in [0.2, 0.25) is 5.91 Å². The van der Waals surface area contributed by atoms with E-state index in [4.69, 9.17) is 28.5 Å². The number of hydrogen-bond donors (Lipinski definition) is 2. The minimum absolute atomic E-state index is 0.0162. The van der Waals surface area contributed by atoms with Gasteiger partial charge in [-0.25, -0.2) is 0 Å². The Kier molecular flexibility index (Phi) is 8.63. The summed E-state index contributed by atoms with van der Waals surface area (Å²) >= 11 is 0. The number of allylic oxidation sites excluding steroid dienone is 1. The Morgan fingerprint density at radius 3 is 2.50 bits per heavy atom. The molecular formula is C40H52N2O10. The van der Waals surface area contributed by atoms with Gasteiger partial charge >= 0.3 is 11.9 Å². The molecule has 52 heavy (non-hydrogen) atoms. The van der Waals surface area contributed by atoms with Gasteiger partial charge in [0.25, 0.3) is 0 Å². The average molecular weight is 721 g/mol. The molecule has 9 rings (SSSR count). The molecule has 0 aromatic heterocycles. The standard InChI is InChI=1S/C40H52N2O10/c1-38(2,3)49-31(44)17-15-27(21-43)41-37(46)39-19-30-32-33(51-40(50-32,25-11-12-25)26-13-14-26)35(39)52-42(34(39)36(45)48-30)20-24-7-5-4-6-23(24)10-8-22-9-16-28-29(18-22)47-28/h4-8,10,22,25-30,32-35,43H,9,11-21H2,1-3H3,(H,41,46)/t22?,27-,28?,29?,30+,32-,33-,34-,35+,39-/m0/s1. The zero-order chi connectivity index (χ0) is 36.0. The number of aliphatic hydroxyl groups is 1. The fraction of sp³-hybridized carbons (Fsp3) is 0.725. The minimum atomic E-state index is -1.37. The van der Waals surface area contributed by atoms with Gasteiger partial charge in [0.05, 0.1) is 31.4 Å². The van der Waals surface area contributed by atoms with E-state index in [1.165, 1.54) is 0 Å². The van der Waals surface area contributed by atoms with Crippen LogP contribution in [-0.4, -0.2) is 94.7 Å². The zero-order valence-corrected chi connectivity index (χ0v) is 30.4. The number of epoxide rings is 1. The van der Waals surface area contributed by atoms with Crippen molar-refractivity contribution in [2.24, 2.45) is 23.2 Å². The first-order chi connectivity index (χ1) is 25.0. The number of ether oxygens (including phenoxy) is 5. The van der Waals surface area contributed by atoms with Crippen LogP contribution in [0.4, 0.5) is 0 Å². The summed E-state index contributed by atoms with van der Waals surface area (Å²) in [6, 6.07) is 6.26. The summed E-state index contributed by atoms with van der Waals surface area (Å²) < 4.78 is 31.2. The number of hydroxylamine groups is 2. The molecule has 2 bridgehead atoms. The molecule has 10 atom stereocenters. The van der Waals surface area contributed by atoms with Crippen molar-refractivity contribution < 1.29 is 48.0 Å². The van der Waals surface area contributed by atoms with Gasteiger partial charge in [-0.05, 0) is 89.2 Å². The van der Waals surface area contributed by atoms with Crippen LogP contribution in [0.1, 0.15) is 96.1 Å². The Bertz CT molecular complexity index is 1600. The normalized spacial score (nSPS) is 38.0. The second kappa shape index (κ2) is 12.9. The van der Waals surface area contributed by atoms with Crippen LogP contribution in [0.3, 0.4) is 0 Å². The van der Waals surface area contributed by atoms with E-state index in [-0.39, 0.29) is 44.2 Å². The number of aliphatic hydroxyl groups excluding tert-OH is 1. The predicted octanol–water partition coefficient (Wildman–Crippen LogP) is 3.97. The molecule has 4 heterocycles. The van der Waals surface area contributed by atoms with Crippen LogP contribution in [0.2, 0.25) is 0 Å². The van der Waals surface area contributed by atoms with E-state index in [1.807, 2.05) is 18.2 Å². The fourth-order valence-corrected chi connectivity index (χ4v) is 9.74. The molecule has 3 unspecified atom stereocenters. The Labute approximate surface area is 304 Å². The summed E-state index contributed by atoms with van der Waals surface area (Å²) in [5.41, 5.74) is -0.0536. The van der Waals surface area contributed by atoms with Crippen LogP contribution >= 0.6 is 0 Å². The SMILES string of the molecule is CC(C)(C)OC(=O)CC[C@@H](CO)NC(=O)[C@@]12C[C@H]3OC(=O)[C@@H]1N(Cc1ccccc1C=CC1CCC4OC4C1)O[C@@H]2[C@H]1OC(C2CC2)(C2CC2)O[C@H]13. The molecule has 12 heteroatoms. The van der Waals surface area contributed by atoms with E-state index < -0.39 is 71.1 Å². The lowest BCUT2D eigenvalue weighted by atomic mass is 9.62. The lowest BCUT2D eigenvalue weighted by Crippen LogP contribution is -2.70. The molecule has 1 aromatic carbocycles. The molecule has 8 fully saturated rings. The highest BCUT2D eigenvalue weighted by Crippen LogP contribution is 2.64. The predicted molar refractivity (Wildman–Crippen MR) is 185 cm³/mol. The Balaban J connectivity index is 1.01. The third-order valence-corrected chi connectivity index (χ3v) is 12.6. The van der Waals surface area contributed by atoms with Crippen LogP contribution in [0.5, 0.6) is 0 Å². The van der Waals surface area contributed by atoms with Crippen molar-refractivity contribution >= 4 is 23.9 Å². The largest absolute Gasteiger partial charge is 0.460 e. The number of hydrogen-bond acceptors (Lipinski definition) is 11. The molecule has 282 valence electrons. The summed E-state index contributed by atoms with van der Waals surface area (Å²) in [4.78, 5) is 48.4. The number of carbonyl (C=O) groups is 3. The summed E-state index contributed by atoms with van der Waals surface area (Å²) in [6.45, 7) is 5.25. The first kappa shape index (κ1) is 34.9. The number of rotatable bonds is 12. The van der Waals surface area contributed by atoms with E-state index in [9.17, 15) is 19.5 Å². The van der Waals surface area contributed by atoms with Crippen molar-refractivity contribution in [2.45, 2.75) is 152 Å². The van der Waals surface area contributed by atoms with Gasteiger partial charge in [0.1, 0.15) is 35.4 Å². The first-order valence-corrected chi connectivity index (χ1v) is 19.5. The maximum Gasteiger partial charge on any atom is 0.327 e. The van der Waals surface area contributed by atoms with Crippen LogP contribution in [0, 0.1) is 23.2 Å². The topological polar surface area (TPSA) is 145 Å². The molecule has 4 aliphatic carbocycles. The Morgan fingerprint density at radius 2 is 1.79 bits per heavy atom. The number of esters is 2. The minimum Gasteiger partial charge on any atom is -0.460 e. The quantitative estimate of drug-likeness (QED) is 0.239. The molecule has 4 saturated heterocycles. The van der Waals surface area contributed by atoms with Gasteiger partial charge in [0, 0.05) is 24.7 Å². The number of carbonyl (C=O) groups excluding carboxylic acids is 3. The van der Waals surface area contributed by atoms with Crippen molar-refractivity contribution in [2.75, 3.05) is 6.61 Å². The summed E-state index contributed by atoms with van der Waals surface area (Å²) in [5.74, 6) is -1.13. The summed E-state index contributed by atoms with van der Waals surface area (Å²) in [6.07, 6.45) is 10.2. The number of nitrogens with one attached hydrogen (secondary N) is 1. The van der Waals surface area contributed by atoms with E-state index in [2.05, 4.69) is 23.5 Å². The van der Waals surface area contributed by atoms with Gasteiger partial charge < -0.3 is 34.1 Å². The fourth-order valence-electron chi connectivity index (χ4n) is 9.74. The first-order valence-electron chi connectivity index (χ1n) is 19.5. The Hall–Kier alpha value is -2.87. The third-order valence-electron chi connectivity index (χ3n) is 12.6. The van der Waals surface area contributed by atoms with Crippen LogP contribution < -0.4 is 5.32 Å². The number of amides is 1. The summed E-state index contributed by atoms with van der Waals surface area (Å²) in [5, 5.41) is 15.0. The number of benzene rings is 1. The molecule has 1 aromatic rings. The molecule has 4 aliphatic heterocycles. The Morgan fingerprint density at radius 1 is 1.04 bits per heavy atom. The van der Waals surface area contributed by atoms with Crippen molar-refractivity contribution in [3.05, 3.63) is 41.5 Å². The van der Waals surface area contributed by atoms with Crippen LogP contribution in [0.25, 0.3) is 6.08 Å². The van der Waals surface area contributed by atoms with Gasteiger partial charge in [-0.15, -0.1) is 0 Å². The van der Waals surface area contributed by atoms with E-state index in [0.29, 0.717) is 18.1 Å². The second-order valence-corrected chi connectivity index (χ2v) is 17.5. The highest BCUT2D eigenvalue weighted by molar-refractivity contribution is 5.94. The van der Waals surface area contributed by atoms with E-state index in [1.54, 1.807) is 25.8 Å². The molecule has 0 spiro atoms. The summed E-state index contributed by atoms with van der Waals surface area (Å²) in [7, 11) is 0. The molecule has 2 N–H and O–H groups in total. The molecule has 1 amide bonds. The highest BCUT2D eigenvalue weighted by Gasteiger charge is 2.78. The zero-order valence-electron chi connectivity index (χ0n) is 30.4. The molecule has 0 radical (unpaired) electrons. The monoisotopic (exact) mass is 720 g/mol. The number of fused-ring (bicyclic) bond motifs is 5. The highest BCUT2D eigenvalue weighted by atomic mass is 16.8. The van der Waals surface area contributed by atoms with Crippen molar-refractivity contribution in [3.8, 4) is 0 Å². The molecular weight excluding hydrogens is 668 g/mol. The van der Waals surface area contributed by atoms with Crippen LogP contribution in [-0.2, 0) is 49.5 Å². The smallest absolute Gasteiger partial charge is 0.327 e. The van der Waals surface area contributed by atoms with Gasteiger partial charge in [-0.1, -0.05) is 36.4 Å². The van der Waals surface area contributed by atoms with Crippen LogP contribution in [0.15, 0.2) is 30.3 Å². The maximum absolute atomic E-state index is 14.8. The molecule has 12 nitrogen and oxygen atoms in total. The van der Waals surface area contributed by atoms with Crippen molar-refractivity contribution in [1.82, 2.24) is 10.4 Å². The molecule has 8 aliphatic rings.